The number of rotatable bonds is 9. The normalized spacial score (nSPS) is 11.8. The number of guanidine groups is 1. The fourth-order valence-electron chi connectivity index (χ4n) is 1.37. The molecule has 0 aromatic carbocycles. The van der Waals surface area contributed by atoms with E-state index >= 15 is 0 Å². The van der Waals surface area contributed by atoms with Gasteiger partial charge >= 0.3 is 6.47 Å². The molecule has 1 unspecified atom stereocenters. The minimum atomic E-state index is -0.00942. The lowest BCUT2D eigenvalue weighted by Gasteiger charge is -2.13. The van der Waals surface area contributed by atoms with E-state index in [1.54, 1.807) is 0 Å². The summed E-state index contributed by atoms with van der Waals surface area (Å²) in [6, 6.07) is 0. The van der Waals surface area contributed by atoms with Gasteiger partial charge in [0.1, 0.15) is 6.10 Å². The summed E-state index contributed by atoms with van der Waals surface area (Å²) in [4.78, 5) is 10.1. The van der Waals surface area contributed by atoms with Gasteiger partial charge in [0.2, 0.25) is 0 Å². The minimum absolute atomic E-state index is 0.00224. The van der Waals surface area contributed by atoms with Gasteiger partial charge in [-0.3, -0.25) is 5.41 Å². The Bertz CT molecular complexity index is 186. The molecule has 0 rings (SSSR count). The molecule has 0 amide bonds. The van der Waals surface area contributed by atoms with Crippen molar-refractivity contribution in [1.29, 1.82) is 5.41 Å². The van der Waals surface area contributed by atoms with E-state index in [-0.39, 0.29) is 12.1 Å². The average Bonchev–Trinajstić information content (AvgIpc) is 2.17. The molecule has 0 aromatic rings. The smallest absolute Gasteiger partial charge is 0.417 e. The van der Waals surface area contributed by atoms with Crippen LogP contribution in [0.15, 0.2) is 0 Å². The third-order valence-electron chi connectivity index (χ3n) is 2.09. The largest absolute Gasteiger partial charge is 0.454 e. The van der Waals surface area contributed by atoms with E-state index in [1.165, 1.54) is 6.47 Å². The molecule has 0 spiro atoms. The van der Waals surface area contributed by atoms with Gasteiger partial charge in [-0.15, -0.1) is 0 Å². The van der Waals surface area contributed by atoms with Crippen LogP contribution >= 0.6 is 0 Å². The zero-order valence-electron chi connectivity index (χ0n) is 9.21. The van der Waals surface area contributed by atoms with E-state index in [2.05, 4.69) is 12.2 Å². The van der Waals surface area contributed by atoms with Crippen LogP contribution in [0.5, 0.6) is 0 Å². The maximum Gasteiger partial charge on any atom is 0.417 e. The number of hydrogen-bond donors (Lipinski definition) is 3. The topological polar surface area (TPSA) is 88.2 Å². The van der Waals surface area contributed by atoms with E-state index in [1.807, 2.05) is 0 Å². The highest BCUT2D eigenvalue weighted by Gasteiger charge is 2.07. The third-order valence-corrected chi connectivity index (χ3v) is 2.09. The van der Waals surface area contributed by atoms with Crippen LogP contribution in [0.3, 0.4) is 0 Å². The monoisotopic (exact) mass is 214 g/mol. The summed E-state index contributed by atoms with van der Waals surface area (Å²) in [7, 11) is 0. The van der Waals surface area contributed by atoms with Crippen molar-refractivity contribution in [1.82, 2.24) is 5.32 Å². The molecule has 0 heterocycles. The molecule has 87 valence electrons. The summed E-state index contributed by atoms with van der Waals surface area (Å²) in [6.07, 6.45) is 4.59. The lowest BCUT2D eigenvalue weighted by Crippen LogP contribution is -2.31. The van der Waals surface area contributed by atoms with Gasteiger partial charge in [-0.05, 0) is 25.7 Å². The highest BCUT2D eigenvalue weighted by molar-refractivity contribution is 5.74. The molecule has 15 heavy (non-hydrogen) atoms. The van der Waals surface area contributed by atoms with Crippen molar-refractivity contribution in [3.8, 4) is 0 Å². The molecular weight excluding hydrogens is 194 g/mol. The van der Waals surface area contributed by atoms with Crippen molar-refractivity contribution in [2.45, 2.75) is 45.1 Å². The molecule has 0 saturated carbocycles. The fourth-order valence-corrected chi connectivity index (χ4v) is 1.37. The Morgan fingerprint density at radius 3 is 2.80 bits per heavy atom. The van der Waals surface area contributed by atoms with Gasteiger partial charge in [0.15, 0.2) is 5.96 Å². The summed E-state index contributed by atoms with van der Waals surface area (Å²) in [5.41, 5.74) is 5.13. The summed E-state index contributed by atoms with van der Waals surface area (Å²) in [5.74, 6) is -0.00224. The van der Waals surface area contributed by atoms with Crippen molar-refractivity contribution in [3.63, 3.8) is 0 Å². The first-order valence-corrected chi connectivity index (χ1v) is 5.31. The Morgan fingerprint density at radius 2 is 2.27 bits per heavy atom. The Labute approximate surface area is 90.9 Å². The fraction of sp³-hybridized carbons (Fsp3) is 0.800. The number of hydrogen-bond acceptors (Lipinski definition) is 3. The van der Waals surface area contributed by atoms with E-state index in [0.29, 0.717) is 6.54 Å². The molecule has 4 N–H and O–H groups in total. The molecule has 0 bridgehead atoms. The number of nitrogens with two attached hydrogens (primary N) is 1. The van der Waals surface area contributed by atoms with E-state index in [4.69, 9.17) is 15.9 Å². The van der Waals surface area contributed by atoms with Crippen LogP contribution in [0, 0.1) is 5.41 Å². The van der Waals surface area contributed by atoms with Crippen LogP contribution in [0.25, 0.3) is 0 Å². The lowest BCUT2D eigenvalue weighted by atomic mass is 10.1. The first-order chi connectivity index (χ1) is 7.20. The van der Waals surface area contributed by atoms with Crippen LogP contribution in [-0.2, 0) is 9.53 Å². The maximum absolute atomic E-state index is 10.1. The van der Waals surface area contributed by atoms with Gasteiger partial charge in [0.05, 0.1) is 0 Å². The van der Waals surface area contributed by atoms with Crippen molar-refractivity contribution >= 4 is 12.4 Å². The van der Waals surface area contributed by atoms with Gasteiger partial charge in [0, 0.05) is 6.54 Å². The Morgan fingerprint density at radius 1 is 1.53 bits per heavy atom. The lowest BCUT2D eigenvalue weighted by molar-refractivity contribution is 0.154. The predicted octanol–water partition coefficient (Wildman–Crippen LogP) is 0.892. The molecule has 0 aliphatic heterocycles. The van der Waals surface area contributed by atoms with Crippen molar-refractivity contribution in [2.75, 3.05) is 6.54 Å². The van der Waals surface area contributed by atoms with Crippen molar-refractivity contribution in [2.24, 2.45) is 5.73 Å². The zero-order valence-corrected chi connectivity index (χ0v) is 9.21. The number of nitrogens with one attached hydrogen (secondary N) is 2. The second kappa shape index (κ2) is 9.30. The van der Waals surface area contributed by atoms with Gasteiger partial charge in [-0.1, -0.05) is 13.3 Å². The molecule has 0 aliphatic rings. The van der Waals surface area contributed by atoms with Crippen LogP contribution < -0.4 is 11.1 Å². The molecule has 0 saturated heterocycles. The summed E-state index contributed by atoms with van der Waals surface area (Å²) >= 11 is 0. The van der Waals surface area contributed by atoms with Gasteiger partial charge < -0.3 is 15.8 Å². The Balaban J connectivity index is 3.43. The van der Waals surface area contributed by atoms with Crippen molar-refractivity contribution in [3.05, 3.63) is 0 Å². The second-order valence-electron chi connectivity index (χ2n) is 3.45. The molecule has 1 atom stereocenters. The van der Waals surface area contributed by atoms with Crippen LogP contribution in [0.2, 0.25) is 0 Å². The van der Waals surface area contributed by atoms with E-state index in [0.717, 1.165) is 32.1 Å². The van der Waals surface area contributed by atoms with Gasteiger partial charge in [0.25, 0.3) is 0 Å². The standard InChI is InChI=1S/C10H20N3O2/c1-2-5-9(15-8-14)6-3-4-7-13-10(11)12/h9H,2-7H2,1H3,(H4,11,12,13). The summed E-state index contributed by atoms with van der Waals surface area (Å²) < 4.78 is 4.82. The number of ether oxygens (including phenoxy) is 1. The SMILES string of the molecule is CCCC(CCCCNC(=N)N)O[C]=O. The summed E-state index contributed by atoms with van der Waals surface area (Å²) in [5, 5.41) is 9.66. The first kappa shape index (κ1) is 13.7. The molecule has 5 heteroatoms. The quantitative estimate of drug-likeness (QED) is 0.302. The molecule has 0 aliphatic carbocycles. The molecule has 0 aromatic heterocycles. The Kier molecular flexibility index (Phi) is 8.52. The van der Waals surface area contributed by atoms with Crippen LogP contribution in [0.1, 0.15) is 39.0 Å². The minimum Gasteiger partial charge on any atom is -0.454 e. The highest BCUT2D eigenvalue weighted by atomic mass is 16.5. The van der Waals surface area contributed by atoms with Crippen molar-refractivity contribution < 1.29 is 9.53 Å². The zero-order chi connectivity index (χ0) is 11.5. The molecule has 1 radical (unpaired) electrons. The maximum atomic E-state index is 10.1. The molecular formula is C10H20N3O2. The van der Waals surface area contributed by atoms with E-state index in [9.17, 15) is 4.79 Å². The van der Waals surface area contributed by atoms with E-state index < -0.39 is 0 Å². The van der Waals surface area contributed by atoms with Gasteiger partial charge in [-0.25, -0.2) is 4.79 Å². The summed E-state index contributed by atoms with van der Waals surface area (Å²) in [6.45, 7) is 4.24. The number of unbranched alkanes of at least 4 members (excludes halogenated alkanes) is 1. The third kappa shape index (κ3) is 9.05. The second-order valence-corrected chi connectivity index (χ2v) is 3.45. The number of carbonyl (C=O) groups excluding carboxylic acids is 1. The highest BCUT2D eigenvalue weighted by Crippen LogP contribution is 2.09. The first-order valence-electron chi connectivity index (χ1n) is 5.31. The predicted molar refractivity (Wildman–Crippen MR) is 59.2 cm³/mol. The Hall–Kier alpha value is -1.26. The molecule has 0 fully saturated rings. The average molecular weight is 214 g/mol. The molecule has 5 nitrogen and oxygen atoms in total. The van der Waals surface area contributed by atoms with Crippen LogP contribution in [0.4, 0.5) is 0 Å². The van der Waals surface area contributed by atoms with Crippen LogP contribution in [-0.4, -0.2) is 25.1 Å². The van der Waals surface area contributed by atoms with Gasteiger partial charge in [-0.2, -0.15) is 0 Å².